The third kappa shape index (κ3) is 1940. The van der Waals surface area contributed by atoms with Gasteiger partial charge in [0.25, 0.3) is 8.25 Å². The average molecular weight is 237 g/mol. The smallest absolute Gasteiger partial charge is 0.598 e. The molecule has 0 heterocycles. The standard InChI is InChI=1S/4C2H4.2Na.HO3P/c4*1-2;;;1-4(2)3/h4*1-2H2;;;(H,1,2,3)/q;;;;2*+1;/p-1. The number of rotatable bonds is 0. The Morgan fingerprint density at radius 3 is 0.643 bits per heavy atom. The van der Waals surface area contributed by atoms with Crippen molar-refractivity contribution in [2.75, 3.05) is 0 Å². The van der Waals surface area contributed by atoms with Gasteiger partial charge in [-0.1, -0.05) is 4.57 Å². The van der Waals surface area contributed by atoms with Crippen LogP contribution < -0.4 is 68.9 Å². The molecule has 0 rings (SSSR count). The Bertz CT molecular complexity index is 73.0. The van der Waals surface area contributed by atoms with Crippen LogP contribution in [-0.4, -0.2) is 0 Å². The molecule has 0 spiro atoms. The first kappa shape index (κ1) is 46.0. The molecule has 0 aromatic rings. The zero-order valence-corrected chi connectivity index (χ0v) is 14.2. The molecule has 0 saturated heterocycles. The van der Waals surface area contributed by atoms with Crippen LogP contribution in [-0.2, 0) is 4.57 Å². The van der Waals surface area contributed by atoms with Crippen molar-refractivity contribution >= 4 is 8.25 Å². The molecule has 0 amide bonds. The molecule has 0 bridgehead atoms. The molecule has 0 aromatic heterocycles. The van der Waals surface area contributed by atoms with E-state index in [1.807, 2.05) is 0 Å². The van der Waals surface area contributed by atoms with Gasteiger partial charge >= 0.3 is 59.1 Å². The third-order valence-corrected chi connectivity index (χ3v) is 0. The minimum atomic E-state index is -3.37. The van der Waals surface area contributed by atoms with E-state index in [1.54, 1.807) is 0 Å². The number of hydrogen-bond donors (Lipinski definition) is 0. The van der Waals surface area contributed by atoms with E-state index in [0.717, 1.165) is 0 Å². The van der Waals surface area contributed by atoms with Crippen LogP contribution >= 0.6 is 8.25 Å². The molecule has 0 aromatic carbocycles. The van der Waals surface area contributed by atoms with Gasteiger partial charge in [0.2, 0.25) is 0 Å². The first-order chi connectivity index (χ1) is 5.73. The summed E-state index contributed by atoms with van der Waals surface area (Å²) in [6, 6.07) is 0. The van der Waals surface area contributed by atoms with Crippen LogP contribution in [0, 0.1) is 0 Å². The van der Waals surface area contributed by atoms with E-state index in [4.69, 9.17) is 14.4 Å². The van der Waals surface area contributed by atoms with Crippen molar-refractivity contribution in [3.63, 3.8) is 0 Å². The summed E-state index contributed by atoms with van der Waals surface area (Å²) in [5, 5.41) is 0. The van der Waals surface area contributed by atoms with E-state index in [9.17, 15) is 0 Å². The SMILES string of the molecule is C=C.C=C.C=C.C=C.O=[P+]([O-])[O-].[Na+].[Na+]. The van der Waals surface area contributed by atoms with Gasteiger partial charge in [-0.2, -0.15) is 0 Å². The second kappa shape index (κ2) is 149. The first-order valence-electron chi connectivity index (χ1n) is 2.55. The maximum absolute atomic E-state index is 8.48. The Morgan fingerprint density at radius 1 is 0.643 bits per heavy atom. The van der Waals surface area contributed by atoms with E-state index in [1.165, 1.54) is 0 Å². The van der Waals surface area contributed by atoms with Crippen molar-refractivity contribution in [3.05, 3.63) is 52.6 Å². The van der Waals surface area contributed by atoms with Crippen LogP contribution in [0.25, 0.3) is 0 Å². The molecule has 14 heavy (non-hydrogen) atoms. The van der Waals surface area contributed by atoms with Crippen LogP contribution in [0.3, 0.4) is 0 Å². The Balaban J connectivity index is -0.00000000887. The van der Waals surface area contributed by atoms with Gasteiger partial charge in [-0.25, -0.2) is 0 Å². The minimum absolute atomic E-state index is 0. The molecule has 0 aliphatic carbocycles. The van der Waals surface area contributed by atoms with Crippen LogP contribution in [0.15, 0.2) is 52.6 Å². The summed E-state index contributed by atoms with van der Waals surface area (Å²) in [5.41, 5.74) is 0. The van der Waals surface area contributed by atoms with Gasteiger partial charge in [-0.3, -0.25) is 0 Å². The van der Waals surface area contributed by atoms with Gasteiger partial charge in [0.1, 0.15) is 0 Å². The van der Waals surface area contributed by atoms with E-state index in [-0.39, 0.29) is 59.1 Å². The molecule has 0 radical (unpaired) electrons. The number of hydrogen-bond acceptors (Lipinski definition) is 3. The fourth-order valence-corrected chi connectivity index (χ4v) is 0. The largest absolute Gasteiger partial charge is 1.00 e. The monoisotopic (exact) mass is 237 g/mol. The minimum Gasteiger partial charge on any atom is -0.598 e. The topological polar surface area (TPSA) is 63.2 Å². The van der Waals surface area contributed by atoms with E-state index in [2.05, 4.69) is 52.6 Å². The molecule has 72 valence electrons. The molecule has 0 fully saturated rings. The molecule has 0 unspecified atom stereocenters. The average Bonchev–Trinajstić information content (AvgIpc) is 2.16. The second-order valence-corrected chi connectivity index (χ2v) is 0.671. The predicted molar refractivity (Wildman–Crippen MR) is 52.6 cm³/mol. The summed E-state index contributed by atoms with van der Waals surface area (Å²) < 4.78 is 8.48. The van der Waals surface area contributed by atoms with Crippen molar-refractivity contribution in [2.45, 2.75) is 0 Å². The second-order valence-electron chi connectivity index (χ2n) is 0.224. The van der Waals surface area contributed by atoms with Crippen LogP contribution in [0.5, 0.6) is 0 Å². The molecule has 0 saturated carbocycles. The fraction of sp³-hybridized carbons (Fsp3) is 0. The summed E-state index contributed by atoms with van der Waals surface area (Å²) in [5.74, 6) is 0. The van der Waals surface area contributed by atoms with Crippen molar-refractivity contribution in [1.29, 1.82) is 0 Å². The van der Waals surface area contributed by atoms with Crippen LogP contribution in [0.2, 0.25) is 0 Å². The Labute approximate surface area is 133 Å². The molecule has 0 N–H and O–H groups in total. The molecule has 0 atom stereocenters. The van der Waals surface area contributed by atoms with Crippen molar-refractivity contribution < 1.29 is 73.5 Å². The van der Waals surface area contributed by atoms with Gasteiger partial charge in [-0.05, 0) is 0 Å². The summed E-state index contributed by atoms with van der Waals surface area (Å²) in [6.07, 6.45) is 0. The van der Waals surface area contributed by atoms with Crippen molar-refractivity contribution in [3.8, 4) is 0 Å². The van der Waals surface area contributed by atoms with Gasteiger partial charge in [0.05, 0.1) is 0 Å². The summed E-state index contributed by atoms with van der Waals surface area (Å²) >= 11 is 0. The van der Waals surface area contributed by atoms with Crippen molar-refractivity contribution in [2.24, 2.45) is 0 Å². The van der Waals surface area contributed by atoms with Crippen molar-refractivity contribution in [1.82, 2.24) is 0 Å². The Hall–Kier alpha value is 0.980. The maximum Gasteiger partial charge on any atom is 1.00 e. The maximum atomic E-state index is 8.48. The van der Waals surface area contributed by atoms with Gasteiger partial charge in [0.15, 0.2) is 0 Å². The zero-order valence-electron chi connectivity index (χ0n) is 9.33. The zero-order chi connectivity index (χ0) is 11.6. The first-order valence-corrected chi connectivity index (χ1v) is 3.64. The van der Waals surface area contributed by atoms with E-state index < -0.39 is 8.25 Å². The quantitative estimate of drug-likeness (QED) is 0.243. The van der Waals surface area contributed by atoms with Gasteiger partial charge in [0, 0.05) is 0 Å². The van der Waals surface area contributed by atoms with Gasteiger partial charge < -0.3 is 9.79 Å². The normalized spacial score (nSPS) is 3.00. The summed E-state index contributed by atoms with van der Waals surface area (Å²) in [4.78, 5) is 17.0. The molecular weight excluding hydrogens is 221 g/mol. The van der Waals surface area contributed by atoms with Crippen LogP contribution in [0.1, 0.15) is 0 Å². The molecule has 3 nitrogen and oxygen atoms in total. The molecular formula is C8H16Na2O3P+. The molecule has 6 heteroatoms. The third-order valence-electron chi connectivity index (χ3n) is 0. The summed E-state index contributed by atoms with van der Waals surface area (Å²) in [7, 11) is -3.37. The molecule has 0 aliphatic heterocycles. The van der Waals surface area contributed by atoms with E-state index in [0.29, 0.717) is 0 Å². The van der Waals surface area contributed by atoms with Crippen LogP contribution in [0.4, 0.5) is 0 Å². The predicted octanol–water partition coefficient (Wildman–Crippen LogP) is -4.42. The fourth-order valence-electron chi connectivity index (χ4n) is 0. The Morgan fingerprint density at radius 2 is 0.643 bits per heavy atom. The van der Waals surface area contributed by atoms with E-state index >= 15 is 0 Å². The Kier molecular flexibility index (Phi) is 488. The summed E-state index contributed by atoms with van der Waals surface area (Å²) in [6.45, 7) is 24.0. The van der Waals surface area contributed by atoms with Gasteiger partial charge in [-0.15, -0.1) is 52.6 Å². The molecule has 0 aliphatic rings.